The fraction of sp³-hybridized carbons (Fsp3) is 0.611. The quantitative estimate of drug-likeness (QED) is 0.928. The van der Waals surface area contributed by atoms with Crippen molar-refractivity contribution in [2.75, 3.05) is 6.54 Å². The lowest BCUT2D eigenvalue weighted by atomic mass is 9.97. The highest BCUT2D eigenvalue weighted by atomic mass is 16.6. The van der Waals surface area contributed by atoms with Crippen LogP contribution in [0.2, 0.25) is 0 Å². The van der Waals surface area contributed by atoms with Gasteiger partial charge in [0.2, 0.25) is 0 Å². The van der Waals surface area contributed by atoms with Crippen LogP contribution in [0, 0.1) is 0 Å². The number of ether oxygens (including phenoxy) is 1. The highest BCUT2D eigenvalue weighted by Crippen LogP contribution is 2.21. The molecule has 22 heavy (non-hydrogen) atoms. The van der Waals surface area contributed by atoms with Gasteiger partial charge in [0, 0.05) is 25.2 Å². The summed E-state index contributed by atoms with van der Waals surface area (Å²) in [5, 5.41) is 3.59. The minimum Gasteiger partial charge on any atom is -0.444 e. The topological polar surface area (TPSA) is 41.6 Å². The molecule has 0 saturated carbocycles. The summed E-state index contributed by atoms with van der Waals surface area (Å²) in [6.45, 7) is 9.43. The zero-order valence-corrected chi connectivity index (χ0v) is 14.1. The monoisotopic (exact) mass is 304 g/mol. The number of amides is 1. The van der Waals surface area contributed by atoms with Crippen LogP contribution in [-0.4, -0.2) is 35.2 Å². The van der Waals surface area contributed by atoms with Crippen molar-refractivity contribution in [3.63, 3.8) is 0 Å². The molecule has 1 heterocycles. The first kappa shape index (κ1) is 16.8. The molecule has 2 unspecified atom stereocenters. The second-order valence-corrected chi connectivity index (χ2v) is 7.03. The van der Waals surface area contributed by atoms with Crippen LogP contribution in [0.15, 0.2) is 30.3 Å². The SMILES string of the molecule is CC1C(NCc2ccccc2)CCCN1C(=O)OC(C)(C)C. The Labute approximate surface area is 133 Å². The van der Waals surface area contributed by atoms with E-state index in [2.05, 4.69) is 24.4 Å². The Bertz CT molecular complexity index is 482. The van der Waals surface area contributed by atoms with Gasteiger partial charge < -0.3 is 15.0 Å². The first-order chi connectivity index (χ1) is 10.4. The van der Waals surface area contributed by atoms with Crippen LogP contribution in [0.5, 0.6) is 0 Å². The number of piperidine rings is 1. The smallest absolute Gasteiger partial charge is 0.410 e. The summed E-state index contributed by atoms with van der Waals surface area (Å²) in [5.74, 6) is 0. The fourth-order valence-electron chi connectivity index (χ4n) is 2.84. The molecule has 0 aromatic heterocycles. The second-order valence-electron chi connectivity index (χ2n) is 7.03. The Morgan fingerprint density at radius 1 is 1.32 bits per heavy atom. The summed E-state index contributed by atoms with van der Waals surface area (Å²) in [6.07, 6.45) is 1.90. The lowest BCUT2D eigenvalue weighted by Gasteiger charge is -2.40. The van der Waals surface area contributed by atoms with E-state index in [0.717, 1.165) is 25.9 Å². The third-order valence-corrected chi connectivity index (χ3v) is 4.03. The maximum absolute atomic E-state index is 12.3. The molecule has 2 rings (SSSR count). The zero-order valence-electron chi connectivity index (χ0n) is 14.1. The minimum atomic E-state index is -0.443. The van der Waals surface area contributed by atoms with Gasteiger partial charge in [-0.2, -0.15) is 0 Å². The molecule has 2 atom stereocenters. The minimum absolute atomic E-state index is 0.146. The average molecular weight is 304 g/mol. The molecule has 1 saturated heterocycles. The zero-order chi connectivity index (χ0) is 16.2. The molecule has 1 aliphatic rings. The van der Waals surface area contributed by atoms with E-state index in [1.807, 2.05) is 43.9 Å². The van der Waals surface area contributed by atoms with Crippen LogP contribution < -0.4 is 5.32 Å². The number of carbonyl (C=O) groups excluding carboxylic acids is 1. The van der Waals surface area contributed by atoms with Crippen LogP contribution >= 0.6 is 0 Å². The van der Waals surface area contributed by atoms with Crippen LogP contribution in [0.1, 0.15) is 46.1 Å². The number of carbonyl (C=O) groups is 1. The van der Waals surface area contributed by atoms with Gasteiger partial charge in [-0.25, -0.2) is 4.79 Å². The maximum atomic E-state index is 12.3. The van der Waals surface area contributed by atoms with Crippen LogP contribution in [-0.2, 0) is 11.3 Å². The van der Waals surface area contributed by atoms with Gasteiger partial charge in [-0.05, 0) is 46.1 Å². The Hall–Kier alpha value is -1.55. The Kier molecular flexibility index (Phi) is 5.46. The van der Waals surface area contributed by atoms with Gasteiger partial charge in [0.05, 0.1) is 0 Å². The molecule has 122 valence electrons. The first-order valence-corrected chi connectivity index (χ1v) is 8.14. The van der Waals surface area contributed by atoms with Crippen molar-refractivity contribution in [2.45, 2.75) is 64.8 Å². The first-order valence-electron chi connectivity index (χ1n) is 8.14. The fourth-order valence-corrected chi connectivity index (χ4v) is 2.84. The van der Waals surface area contributed by atoms with E-state index >= 15 is 0 Å². The second kappa shape index (κ2) is 7.14. The number of nitrogens with zero attached hydrogens (tertiary/aromatic N) is 1. The van der Waals surface area contributed by atoms with Gasteiger partial charge in [-0.1, -0.05) is 30.3 Å². The highest BCUT2D eigenvalue weighted by molar-refractivity contribution is 5.68. The molecule has 1 amide bonds. The third-order valence-electron chi connectivity index (χ3n) is 4.03. The summed E-state index contributed by atoms with van der Waals surface area (Å²) in [6, 6.07) is 10.8. The molecule has 1 aromatic carbocycles. The lowest BCUT2D eigenvalue weighted by molar-refractivity contribution is 0.00699. The third kappa shape index (κ3) is 4.73. The molecule has 1 aliphatic heterocycles. The standard InChI is InChI=1S/C18H28N2O2/c1-14-16(19-13-15-9-6-5-7-10-15)11-8-12-20(14)17(21)22-18(2,3)4/h5-7,9-10,14,16,19H,8,11-13H2,1-4H3. The van der Waals surface area contributed by atoms with Gasteiger partial charge in [0.25, 0.3) is 0 Å². The van der Waals surface area contributed by atoms with E-state index in [1.54, 1.807) is 0 Å². The van der Waals surface area contributed by atoms with Crippen LogP contribution in [0.3, 0.4) is 0 Å². The molecule has 0 aliphatic carbocycles. The number of nitrogens with one attached hydrogen (secondary N) is 1. The van der Waals surface area contributed by atoms with Crippen molar-refractivity contribution < 1.29 is 9.53 Å². The Balaban J connectivity index is 1.92. The van der Waals surface area contributed by atoms with Crippen molar-refractivity contribution >= 4 is 6.09 Å². The van der Waals surface area contributed by atoms with Crippen LogP contribution in [0.25, 0.3) is 0 Å². The highest BCUT2D eigenvalue weighted by Gasteiger charge is 2.33. The maximum Gasteiger partial charge on any atom is 0.410 e. The molecule has 4 heteroatoms. The van der Waals surface area contributed by atoms with E-state index < -0.39 is 5.60 Å². The molecular formula is C18H28N2O2. The number of hydrogen-bond acceptors (Lipinski definition) is 3. The average Bonchev–Trinajstić information content (AvgIpc) is 2.45. The van der Waals surface area contributed by atoms with Gasteiger partial charge in [0.1, 0.15) is 5.60 Å². The van der Waals surface area contributed by atoms with E-state index in [4.69, 9.17) is 4.74 Å². The summed E-state index contributed by atoms with van der Waals surface area (Å²) in [5.41, 5.74) is 0.824. The Morgan fingerprint density at radius 2 is 2.00 bits per heavy atom. The molecule has 4 nitrogen and oxygen atoms in total. The van der Waals surface area contributed by atoms with Gasteiger partial charge in [0.15, 0.2) is 0 Å². The van der Waals surface area contributed by atoms with Crippen LogP contribution in [0.4, 0.5) is 4.79 Å². The molecule has 1 aromatic rings. The summed E-state index contributed by atoms with van der Waals surface area (Å²) in [7, 11) is 0. The van der Waals surface area contributed by atoms with Crippen molar-refractivity contribution in [1.29, 1.82) is 0 Å². The van der Waals surface area contributed by atoms with Crippen molar-refractivity contribution in [3.05, 3.63) is 35.9 Å². The van der Waals surface area contributed by atoms with Gasteiger partial charge >= 0.3 is 6.09 Å². The Morgan fingerprint density at radius 3 is 2.64 bits per heavy atom. The largest absolute Gasteiger partial charge is 0.444 e. The van der Waals surface area contributed by atoms with E-state index in [1.165, 1.54) is 5.56 Å². The molecule has 0 spiro atoms. The van der Waals surface area contributed by atoms with Gasteiger partial charge in [-0.3, -0.25) is 0 Å². The number of likely N-dealkylation sites (tertiary alicyclic amines) is 1. The van der Waals surface area contributed by atoms with E-state index in [-0.39, 0.29) is 12.1 Å². The predicted molar refractivity (Wildman–Crippen MR) is 88.7 cm³/mol. The van der Waals surface area contributed by atoms with E-state index in [0.29, 0.717) is 6.04 Å². The van der Waals surface area contributed by atoms with Gasteiger partial charge in [-0.15, -0.1) is 0 Å². The summed E-state index contributed by atoms with van der Waals surface area (Å²) >= 11 is 0. The molecule has 1 N–H and O–H groups in total. The van der Waals surface area contributed by atoms with Crippen molar-refractivity contribution in [2.24, 2.45) is 0 Å². The number of rotatable bonds is 3. The normalized spacial score (nSPS) is 22.5. The number of benzene rings is 1. The molecule has 1 fully saturated rings. The van der Waals surface area contributed by atoms with Crippen molar-refractivity contribution in [3.8, 4) is 0 Å². The molecule has 0 bridgehead atoms. The summed E-state index contributed by atoms with van der Waals surface area (Å²) < 4.78 is 5.52. The lowest BCUT2D eigenvalue weighted by Crippen LogP contribution is -2.55. The molecule has 0 radical (unpaired) electrons. The van der Waals surface area contributed by atoms with Crippen molar-refractivity contribution in [1.82, 2.24) is 10.2 Å². The van der Waals surface area contributed by atoms with E-state index in [9.17, 15) is 4.79 Å². The summed E-state index contributed by atoms with van der Waals surface area (Å²) in [4.78, 5) is 14.2. The molecular weight excluding hydrogens is 276 g/mol. The predicted octanol–water partition coefficient (Wildman–Crippen LogP) is 3.56. The number of hydrogen-bond donors (Lipinski definition) is 1.